The van der Waals surface area contributed by atoms with Crippen molar-refractivity contribution in [3.05, 3.63) is 28.8 Å². The van der Waals surface area contributed by atoms with E-state index in [-0.39, 0.29) is 5.02 Å². The zero-order chi connectivity index (χ0) is 12.9. The Morgan fingerprint density at radius 1 is 1.44 bits per heavy atom. The average molecular weight is 287 g/mol. The molecule has 1 aliphatic rings. The van der Waals surface area contributed by atoms with Crippen molar-refractivity contribution in [3.8, 4) is 0 Å². The molecule has 0 aliphatic heterocycles. The van der Waals surface area contributed by atoms with Crippen molar-refractivity contribution in [3.63, 3.8) is 0 Å². The maximum Gasteiger partial charge on any atom is 0.144 e. The molecule has 0 spiro atoms. The lowest BCUT2D eigenvalue weighted by Gasteiger charge is -2.13. The van der Waals surface area contributed by atoms with Crippen molar-refractivity contribution >= 4 is 34.2 Å². The first-order chi connectivity index (χ1) is 8.52. The van der Waals surface area contributed by atoms with Crippen LogP contribution in [0.4, 0.5) is 4.39 Å². The van der Waals surface area contributed by atoms with Crippen molar-refractivity contribution in [1.82, 2.24) is 9.55 Å². The second-order valence-electron chi connectivity index (χ2n) is 5.31. The molecule has 1 aromatic heterocycles. The topological polar surface area (TPSA) is 17.8 Å². The molecule has 1 saturated carbocycles. The second kappa shape index (κ2) is 4.10. The van der Waals surface area contributed by atoms with Crippen LogP contribution in [-0.2, 0) is 12.4 Å². The quantitative estimate of drug-likeness (QED) is 0.766. The fourth-order valence-corrected chi connectivity index (χ4v) is 2.56. The van der Waals surface area contributed by atoms with Gasteiger partial charge in [0.05, 0.1) is 21.9 Å². The van der Waals surface area contributed by atoms with Crippen molar-refractivity contribution in [2.45, 2.75) is 32.2 Å². The van der Waals surface area contributed by atoms with Crippen LogP contribution in [0.3, 0.4) is 0 Å². The summed E-state index contributed by atoms with van der Waals surface area (Å²) in [6.07, 6.45) is 2.42. The zero-order valence-electron chi connectivity index (χ0n) is 10.0. The molecule has 1 aromatic carbocycles. The van der Waals surface area contributed by atoms with Crippen LogP contribution in [-0.4, -0.2) is 9.55 Å². The normalized spacial score (nSPS) is 17.3. The number of benzene rings is 1. The van der Waals surface area contributed by atoms with E-state index in [0.717, 1.165) is 17.9 Å². The van der Waals surface area contributed by atoms with Crippen LogP contribution in [0.15, 0.2) is 12.1 Å². The lowest BCUT2D eigenvalue weighted by atomic mass is 10.1. The van der Waals surface area contributed by atoms with Crippen molar-refractivity contribution in [2.24, 2.45) is 5.41 Å². The molecule has 0 radical (unpaired) electrons. The van der Waals surface area contributed by atoms with Gasteiger partial charge in [0.15, 0.2) is 0 Å². The van der Waals surface area contributed by atoms with Crippen molar-refractivity contribution in [2.75, 3.05) is 0 Å². The molecule has 18 heavy (non-hydrogen) atoms. The summed E-state index contributed by atoms with van der Waals surface area (Å²) in [5.74, 6) is 0.665. The largest absolute Gasteiger partial charge is 0.326 e. The first kappa shape index (κ1) is 12.2. The lowest BCUT2D eigenvalue weighted by Crippen LogP contribution is -2.10. The molecule has 2 nitrogen and oxygen atoms in total. The molecule has 0 saturated heterocycles. The third-order valence-electron chi connectivity index (χ3n) is 3.63. The predicted molar refractivity (Wildman–Crippen MR) is 71.6 cm³/mol. The minimum Gasteiger partial charge on any atom is -0.326 e. The summed E-state index contributed by atoms with van der Waals surface area (Å²) in [4.78, 5) is 4.38. The molecule has 0 amide bonds. The number of alkyl halides is 1. The highest BCUT2D eigenvalue weighted by atomic mass is 35.5. The summed E-state index contributed by atoms with van der Waals surface area (Å²) in [5.41, 5.74) is 1.82. The molecule has 1 fully saturated rings. The van der Waals surface area contributed by atoms with E-state index in [0.29, 0.717) is 16.8 Å². The Morgan fingerprint density at radius 3 is 2.78 bits per heavy atom. The molecule has 0 bridgehead atoms. The number of fused-ring (bicyclic) bond motifs is 1. The summed E-state index contributed by atoms with van der Waals surface area (Å²) in [5, 5.41) is 0.130. The van der Waals surface area contributed by atoms with Crippen LogP contribution in [0.5, 0.6) is 0 Å². The Morgan fingerprint density at radius 2 is 2.17 bits per heavy atom. The molecule has 1 aliphatic carbocycles. The Bertz CT molecular complexity index is 617. The van der Waals surface area contributed by atoms with E-state index in [1.54, 1.807) is 6.07 Å². The molecule has 2 aromatic rings. The van der Waals surface area contributed by atoms with E-state index in [9.17, 15) is 4.39 Å². The molecule has 3 rings (SSSR count). The number of aromatic nitrogens is 2. The fraction of sp³-hybridized carbons (Fsp3) is 0.462. The zero-order valence-corrected chi connectivity index (χ0v) is 11.5. The highest BCUT2D eigenvalue weighted by Crippen LogP contribution is 2.47. The smallest absolute Gasteiger partial charge is 0.144 e. The number of halogens is 3. The Labute approximate surface area is 115 Å². The maximum absolute atomic E-state index is 13.4. The Hall–Kier alpha value is -0.800. The van der Waals surface area contributed by atoms with E-state index < -0.39 is 5.82 Å². The van der Waals surface area contributed by atoms with Crippen LogP contribution < -0.4 is 0 Å². The third-order valence-corrected chi connectivity index (χ3v) is 4.16. The SMILES string of the molecule is CC1(Cn2c(CCl)nc3cc(F)c(Cl)cc32)CC1. The summed E-state index contributed by atoms with van der Waals surface area (Å²) in [7, 11) is 0. The van der Waals surface area contributed by atoms with Gasteiger partial charge in [-0.3, -0.25) is 0 Å². The van der Waals surface area contributed by atoms with Gasteiger partial charge in [-0.15, -0.1) is 11.6 Å². The van der Waals surface area contributed by atoms with Gasteiger partial charge in [0, 0.05) is 12.6 Å². The third kappa shape index (κ3) is 1.99. The van der Waals surface area contributed by atoms with Gasteiger partial charge >= 0.3 is 0 Å². The monoisotopic (exact) mass is 286 g/mol. The number of hydrogen-bond acceptors (Lipinski definition) is 1. The van der Waals surface area contributed by atoms with Crippen molar-refractivity contribution < 1.29 is 4.39 Å². The van der Waals surface area contributed by atoms with Crippen LogP contribution in [0.2, 0.25) is 5.02 Å². The number of imidazole rings is 1. The van der Waals surface area contributed by atoms with Gasteiger partial charge in [-0.05, 0) is 24.3 Å². The minimum atomic E-state index is -0.437. The molecule has 96 valence electrons. The predicted octanol–water partition coefficient (Wildman–Crippen LogP) is 4.37. The summed E-state index contributed by atoms with van der Waals surface area (Å²) >= 11 is 11.8. The molecule has 5 heteroatoms. The van der Waals surface area contributed by atoms with E-state index in [1.165, 1.54) is 18.9 Å². The standard InChI is InChI=1S/C13H13Cl2FN2/c1-13(2-3-13)7-18-11-4-8(15)9(16)5-10(11)17-12(18)6-14/h4-5H,2-3,6-7H2,1H3. The van der Waals surface area contributed by atoms with Crippen LogP contribution in [0, 0.1) is 11.2 Å². The van der Waals surface area contributed by atoms with Crippen LogP contribution in [0.25, 0.3) is 11.0 Å². The Balaban J connectivity index is 2.17. The fourth-order valence-electron chi connectivity index (χ4n) is 2.20. The lowest BCUT2D eigenvalue weighted by molar-refractivity contribution is 0.465. The summed E-state index contributed by atoms with van der Waals surface area (Å²) < 4.78 is 15.5. The highest BCUT2D eigenvalue weighted by molar-refractivity contribution is 6.31. The molecular weight excluding hydrogens is 274 g/mol. The van der Waals surface area contributed by atoms with Gasteiger partial charge in [0.25, 0.3) is 0 Å². The van der Waals surface area contributed by atoms with E-state index in [4.69, 9.17) is 23.2 Å². The average Bonchev–Trinajstić information content (AvgIpc) is 2.97. The number of rotatable bonds is 3. The van der Waals surface area contributed by atoms with Crippen LogP contribution in [0.1, 0.15) is 25.6 Å². The Kier molecular flexibility index (Phi) is 2.79. The first-order valence-electron chi connectivity index (χ1n) is 5.92. The van der Waals surface area contributed by atoms with Gasteiger partial charge in [0.2, 0.25) is 0 Å². The number of nitrogens with zero attached hydrogens (tertiary/aromatic N) is 2. The maximum atomic E-state index is 13.4. The second-order valence-corrected chi connectivity index (χ2v) is 5.99. The summed E-state index contributed by atoms with van der Waals surface area (Å²) in [6.45, 7) is 3.11. The van der Waals surface area contributed by atoms with Gasteiger partial charge in [-0.2, -0.15) is 0 Å². The van der Waals surface area contributed by atoms with Gasteiger partial charge in [-0.25, -0.2) is 9.37 Å². The van der Waals surface area contributed by atoms with Crippen molar-refractivity contribution in [1.29, 1.82) is 0 Å². The van der Waals surface area contributed by atoms with Crippen LogP contribution >= 0.6 is 23.2 Å². The van der Waals surface area contributed by atoms with E-state index in [1.807, 2.05) is 0 Å². The first-order valence-corrected chi connectivity index (χ1v) is 6.84. The molecule has 0 N–H and O–H groups in total. The molecular formula is C13H13Cl2FN2. The van der Waals surface area contributed by atoms with E-state index in [2.05, 4.69) is 16.5 Å². The highest BCUT2D eigenvalue weighted by Gasteiger charge is 2.38. The molecule has 1 heterocycles. The van der Waals surface area contributed by atoms with Gasteiger partial charge in [-0.1, -0.05) is 18.5 Å². The molecule has 0 atom stereocenters. The molecule has 0 unspecified atom stereocenters. The minimum absolute atomic E-state index is 0.130. The van der Waals surface area contributed by atoms with Gasteiger partial charge in [0.1, 0.15) is 11.6 Å². The summed E-state index contributed by atoms with van der Waals surface area (Å²) in [6, 6.07) is 3.01. The number of hydrogen-bond donors (Lipinski definition) is 0. The van der Waals surface area contributed by atoms with Gasteiger partial charge < -0.3 is 4.57 Å². The van der Waals surface area contributed by atoms with E-state index >= 15 is 0 Å².